The van der Waals surface area contributed by atoms with Gasteiger partial charge in [0.05, 0.1) is 19.4 Å². The third kappa shape index (κ3) is 1.88. The smallest absolute Gasteiger partial charge is 0.231 e. The highest BCUT2D eigenvalue weighted by atomic mass is 16.7. The van der Waals surface area contributed by atoms with Gasteiger partial charge in [0.1, 0.15) is 0 Å². The van der Waals surface area contributed by atoms with Crippen LogP contribution in [0.5, 0.6) is 17.2 Å². The molecule has 1 aromatic carbocycles. The molecule has 2 atom stereocenters. The molecule has 0 bridgehead atoms. The molecule has 0 saturated heterocycles. The Morgan fingerprint density at radius 2 is 2.26 bits per heavy atom. The third-order valence-corrected chi connectivity index (χ3v) is 3.43. The molecule has 0 aromatic heterocycles. The van der Waals surface area contributed by atoms with Crippen molar-refractivity contribution in [2.75, 3.05) is 20.5 Å². The van der Waals surface area contributed by atoms with Gasteiger partial charge in [-0.05, 0) is 12.1 Å². The molecule has 0 fully saturated rings. The van der Waals surface area contributed by atoms with Crippen LogP contribution in [-0.4, -0.2) is 31.3 Å². The van der Waals surface area contributed by atoms with Gasteiger partial charge in [0.15, 0.2) is 17.6 Å². The van der Waals surface area contributed by atoms with E-state index in [2.05, 4.69) is 5.16 Å². The quantitative estimate of drug-likeness (QED) is 0.896. The van der Waals surface area contributed by atoms with Crippen LogP contribution in [0.2, 0.25) is 0 Å². The maximum atomic E-state index is 9.18. The molecule has 19 heavy (non-hydrogen) atoms. The van der Waals surface area contributed by atoms with Crippen LogP contribution < -0.4 is 14.2 Å². The van der Waals surface area contributed by atoms with Crippen LogP contribution in [0.3, 0.4) is 0 Å². The fraction of sp³-hybridized carbons (Fsp3) is 0.462. The minimum Gasteiger partial charge on any atom is -0.493 e. The highest BCUT2D eigenvalue weighted by molar-refractivity contribution is 5.88. The summed E-state index contributed by atoms with van der Waals surface area (Å²) in [5.41, 5.74) is 1.53. The predicted molar refractivity (Wildman–Crippen MR) is 66.6 cm³/mol. The van der Waals surface area contributed by atoms with Gasteiger partial charge in [0.2, 0.25) is 12.5 Å². The van der Waals surface area contributed by atoms with E-state index in [0.29, 0.717) is 23.0 Å². The number of oxime groups is 1. The summed E-state index contributed by atoms with van der Waals surface area (Å²) in [5, 5.41) is 13.1. The summed E-state index contributed by atoms with van der Waals surface area (Å²) in [6, 6.07) is 3.71. The molecule has 0 amide bonds. The van der Waals surface area contributed by atoms with Crippen molar-refractivity contribution in [3.05, 3.63) is 17.7 Å². The number of fused-ring (bicyclic) bond motifs is 1. The average molecular weight is 265 g/mol. The van der Waals surface area contributed by atoms with Crippen molar-refractivity contribution in [1.82, 2.24) is 0 Å². The molecule has 0 unspecified atom stereocenters. The van der Waals surface area contributed by atoms with Gasteiger partial charge >= 0.3 is 0 Å². The van der Waals surface area contributed by atoms with Crippen LogP contribution in [0, 0.1) is 5.92 Å². The summed E-state index contributed by atoms with van der Waals surface area (Å²) >= 11 is 0. The lowest BCUT2D eigenvalue weighted by Gasteiger charge is -2.16. The van der Waals surface area contributed by atoms with E-state index in [1.165, 1.54) is 0 Å². The number of ether oxygens (including phenoxy) is 3. The number of hydrogen-bond donors (Lipinski definition) is 1. The second-order valence-corrected chi connectivity index (χ2v) is 4.51. The number of benzene rings is 1. The molecule has 2 aliphatic rings. The Hall–Kier alpha value is -1.95. The topological polar surface area (TPSA) is 69.5 Å². The van der Waals surface area contributed by atoms with Gasteiger partial charge in [-0.2, -0.15) is 0 Å². The van der Waals surface area contributed by atoms with Gasteiger partial charge in [-0.1, -0.05) is 12.1 Å². The summed E-state index contributed by atoms with van der Waals surface area (Å²) in [6.45, 7) is 2.05. The number of aliphatic hydroxyl groups is 1. The second-order valence-electron chi connectivity index (χ2n) is 4.51. The average Bonchev–Trinajstić information content (AvgIpc) is 3.03. The first-order valence-electron chi connectivity index (χ1n) is 6.05. The van der Waals surface area contributed by atoms with Gasteiger partial charge in [-0.3, -0.25) is 0 Å². The van der Waals surface area contributed by atoms with Gasteiger partial charge in [0.25, 0.3) is 0 Å². The number of methoxy groups -OCH3 is 1. The number of aliphatic hydroxyl groups excluding tert-OH is 1. The van der Waals surface area contributed by atoms with Crippen molar-refractivity contribution in [2.45, 2.75) is 13.0 Å². The summed E-state index contributed by atoms with van der Waals surface area (Å²) in [7, 11) is 1.58. The van der Waals surface area contributed by atoms with E-state index in [9.17, 15) is 5.11 Å². The van der Waals surface area contributed by atoms with E-state index in [1.54, 1.807) is 7.11 Å². The van der Waals surface area contributed by atoms with E-state index in [4.69, 9.17) is 19.0 Å². The lowest BCUT2D eigenvalue weighted by atomic mass is 9.94. The Labute approximate surface area is 110 Å². The SMILES string of the molecule is COc1cc([C@H]2ON=C(CO)[C@@H]2C)cc2c1OCO2. The molecule has 2 aliphatic heterocycles. The Bertz CT molecular complexity index is 528. The molecule has 0 radical (unpaired) electrons. The van der Waals surface area contributed by atoms with Gasteiger partial charge in [-0.15, -0.1) is 0 Å². The highest BCUT2D eigenvalue weighted by Crippen LogP contribution is 2.45. The first kappa shape index (κ1) is 12.1. The summed E-state index contributed by atoms with van der Waals surface area (Å²) in [6.07, 6.45) is -0.245. The first-order chi connectivity index (χ1) is 9.24. The molecule has 0 saturated carbocycles. The van der Waals surface area contributed by atoms with E-state index in [-0.39, 0.29) is 25.4 Å². The maximum Gasteiger partial charge on any atom is 0.231 e. The van der Waals surface area contributed by atoms with E-state index >= 15 is 0 Å². The minimum absolute atomic E-state index is 0.00933. The van der Waals surface area contributed by atoms with Crippen LogP contribution in [0.1, 0.15) is 18.6 Å². The highest BCUT2D eigenvalue weighted by Gasteiger charge is 2.33. The molecule has 1 N–H and O–H groups in total. The van der Waals surface area contributed by atoms with E-state index in [0.717, 1.165) is 5.56 Å². The predicted octanol–water partition coefficient (Wildman–Crippen LogP) is 1.48. The molecule has 0 aliphatic carbocycles. The lowest BCUT2D eigenvalue weighted by Crippen LogP contribution is -2.16. The van der Waals surface area contributed by atoms with Crippen LogP contribution >= 0.6 is 0 Å². The fourth-order valence-corrected chi connectivity index (χ4v) is 2.31. The Balaban J connectivity index is 1.95. The molecule has 0 spiro atoms. The summed E-state index contributed by atoms with van der Waals surface area (Å²) < 4.78 is 16.0. The van der Waals surface area contributed by atoms with Gasteiger partial charge in [-0.25, -0.2) is 0 Å². The Morgan fingerprint density at radius 1 is 1.42 bits per heavy atom. The summed E-state index contributed by atoms with van der Waals surface area (Å²) in [5.74, 6) is 1.87. The Morgan fingerprint density at radius 3 is 2.95 bits per heavy atom. The number of rotatable bonds is 3. The van der Waals surface area contributed by atoms with Crippen LogP contribution in [0.25, 0.3) is 0 Å². The molecule has 3 rings (SSSR count). The van der Waals surface area contributed by atoms with E-state index in [1.807, 2.05) is 19.1 Å². The molecular weight excluding hydrogens is 250 g/mol. The monoisotopic (exact) mass is 265 g/mol. The number of nitrogens with zero attached hydrogens (tertiary/aromatic N) is 1. The molecule has 6 nitrogen and oxygen atoms in total. The first-order valence-corrected chi connectivity index (χ1v) is 6.05. The second kappa shape index (κ2) is 4.62. The van der Waals surface area contributed by atoms with Crippen molar-refractivity contribution in [3.63, 3.8) is 0 Å². The van der Waals surface area contributed by atoms with Crippen LogP contribution in [0.4, 0.5) is 0 Å². The molecule has 102 valence electrons. The minimum atomic E-state index is -0.245. The van der Waals surface area contributed by atoms with Crippen molar-refractivity contribution >= 4 is 5.71 Å². The zero-order valence-electron chi connectivity index (χ0n) is 10.8. The maximum absolute atomic E-state index is 9.18. The zero-order chi connectivity index (χ0) is 13.4. The molecular formula is C13H15NO5. The zero-order valence-corrected chi connectivity index (χ0v) is 10.8. The van der Waals surface area contributed by atoms with Crippen molar-refractivity contribution < 1.29 is 24.2 Å². The Kier molecular flexibility index (Phi) is 2.94. The van der Waals surface area contributed by atoms with E-state index < -0.39 is 0 Å². The standard InChI is InChI=1S/C13H15NO5/c1-7-9(5-15)14-19-12(7)8-3-10(16-2)13-11(4-8)17-6-18-13/h3-4,7,12,15H,5-6H2,1-2H3/t7-,12-/m0/s1. The fourth-order valence-electron chi connectivity index (χ4n) is 2.31. The molecule has 6 heteroatoms. The normalized spacial score (nSPS) is 24.1. The largest absolute Gasteiger partial charge is 0.493 e. The van der Waals surface area contributed by atoms with Crippen molar-refractivity contribution in [1.29, 1.82) is 0 Å². The summed E-state index contributed by atoms with van der Waals surface area (Å²) in [4.78, 5) is 5.39. The molecule has 2 heterocycles. The van der Waals surface area contributed by atoms with Crippen LogP contribution in [-0.2, 0) is 4.84 Å². The van der Waals surface area contributed by atoms with Crippen molar-refractivity contribution in [3.8, 4) is 17.2 Å². The van der Waals surface area contributed by atoms with Gasteiger partial charge in [0, 0.05) is 11.5 Å². The van der Waals surface area contributed by atoms with Crippen LogP contribution in [0.15, 0.2) is 17.3 Å². The van der Waals surface area contributed by atoms with Gasteiger partial charge < -0.3 is 24.2 Å². The molecule has 1 aromatic rings. The third-order valence-electron chi connectivity index (χ3n) is 3.43. The lowest BCUT2D eigenvalue weighted by molar-refractivity contribution is 0.0650. The number of hydrogen-bond acceptors (Lipinski definition) is 6. The van der Waals surface area contributed by atoms with Crippen molar-refractivity contribution in [2.24, 2.45) is 11.1 Å².